The molecule has 26 heavy (non-hydrogen) atoms. The number of amides is 1. The van der Waals surface area contributed by atoms with Gasteiger partial charge in [-0.25, -0.2) is 0 Å². The summed E-state index contributed by atoms with van der Waals surface area (Å²) in [6, 6.07) is 22.3. The number of hydrogen-bond acceptors (Lipinski definition) is 2. The normalized spacial score (nSPS) is 10.5. The van der Waals surface area contributed by atoms with Gasteiger partial charge in [0.2, 0.25) is 6.54 Å². The molecule has 0 atom stereocenters. The first kappa shape index (κ1) is 18.2. The number of benzene rings is 2. The summed E-state index contributed by atoms with van der Waals surface area (Å²) in [6.45, 7) is 4.45. The SMILES string of the molecule is CCc1ccc(C)[n+](CC(=O)Nc2ccccc2Sc2ccccc2)c1. The van der Waals surface area contributed by atoms with Gasteiger partial charge in [-0.1, -0.05) is 49.0 Å². The summed E-state index contributed by atoms with van der Waals surface area (Å²) in [7, 11) is 0. The zero-order valence-corrected chi connectivity index (χ0v) is 15.9. The Labute approximate surface area is 159 Å². The van der Waals surface area contributed by atoms with Gasteiger partial charge in [0.05, 0.1) is 5.69 Å². The first-order valence-electron chi connectivity index (χ1n) is 8.76. The second kappa shape index (κ2) is 8.68. The van der Waals surface area contributed by atoms with Gasteiger partial charge in [-0.2, -0.15) is 4.57 Å². The standard InChI is InChI=1S/C22H22N2OS/c1-3-18-14-13-17(2)24(15-18)16-22(25)23-20-11-7-8-12-21(20)26-19-9-5-4-6-10-19/h4-15H,3,16H2,1-2H3/p+1. The minimum absolute atomic E-state index is 0.0209. The second-order valence-electron chi connectivity index (χ2n) is 6.12. The van der Waals surface area contributed by atoms with Gasteiger partial charge < -0.3 is 5.32 Å². The predicted octanol–water partition coefficient (Wildman–Crippen LogP) is 4.63. The highest BCUT2D eigenvalue weighted by Crippen LogP contribution is 2.33. The van der Waals surface area contributed by atoms with E-state index in [4.69, 9.17) is 0 Å². The molecule has 0 aliphatic heterocycles. The van der Waals surface area contributed by atoms with Crippen molar-refractivity contribution < 1.29 is 9.36 Å². The maximum absolute atomic E-state index is 12.6. The van der Waals surface area contributed by atoms with E-state index in [9.17, 15) is 4.79 Å². The third kappa shape index (κ3) is 4.73. The second-order valence-corrected chi connectivity index (χ2v) is 7.23. The lowest BCUT2D eigenvalue weighted by atomic mass is 10.2. The lowest BCUT2D eigenvalue weighted by Crippen LogP contribution is -2.43. The summed E-state index contributed by atoms with van der Waals surface area (Å²) in [4.78, 5) is 14.8. The van der Waals surface area contributed by atoms with Crippen LogP contribution in [-0.2, 0) is 17.8 Å². The Bertz CT molecular complexity index is 894. The molecule has 3 aromatic rings. The van der Waals surface area contributed by atoms with Gasteiger partial charge in [-0.15, -0.1) is 0 Å². The number of carbonyl (C=O) groups excluding carboxylic acids is 1. The van der Waals surface area contributed by atoms with Crippen molar-refractivity contribution in [2.75, 3.05) is 5.32 Å². The third-order valence-corrected chi connectivity index (χ3v) is 5.25. The Morgan fingerprint density at radius 2 is 1.73 bits per heavy atom. The van der Waals surface area contributed by atoms with Crippen molar-refractivity contribution in [1.82, 2.24) is 0 Å². The summed E-state index contributed by atoms with van der Waals surface area (Å²) in [5.41, 5.74) is 3.14. The number of nitrogens with one attached hydrogen (secondary N) is 1. The van der Waals surface area contributed by atoms with Gasteiger partial charge in [-0.05, 0) is 36.8 Å². The van der Waals surface area contributed by atoms with Gasteiger partial charge >= 0.3 is 0 Å². The van der Waals surface area contributed by atoms with Crippen LogP contribution in [0.4, 0.5) is 5.69 Å². The van der Waals surface area contributed by atoms with E-state index in [2.05, 4.69) is 42.7 Å². The molecule has 1 N–H and O–H groups in total. The first-order valence-corrected chi connectivity index (χ1v) is 9.58. The van der Waals surface area contributed by atoms with Crippen LogP contribution in [0.25, 0.3) is 0 Å². The number of aromatic nitrogens is 1. The largest absolute Gasteiger partial charge is 0.320 e. The van der Waals surface area contributed by atoms with Crippen molar-refractivity contribution in [1.29, 1.82) is 0 Å². The molecule has 0 radical (unpaired) electrons. The summed E-state index contributed by atoms with van der Waals surface area (Å²) in [5.74, 6) is -0.0209. The maximum Gasteiger partial charge on any atom is 0.290 e. The molecule has 0 spiro atoms. The van der Waals surface area contributed by atoms with Crippen LogP contribution in [0.3, 0.4) is 0 Å². The predicted molar refractivity (Wildman–Crippen MR) is 106 cm³/mol. The molecule has 0 aliphatic carbocycles. The Balaban J connectivity index is 1.74. The number of aryl methyl sites for hydroxylation is 2. The fourth-order valence-electron chi connectivity index (χ4n) is 2.67. The highest BCUT2D eigenvalue weighted by Gasteiger charge is 2.15. The number of rotatable bonds is 6. The molecule has 3 rings (SSSR count). The minimum Gasteiger partial charge on any atom is -0.320 e. The van der Waals surface area contributed by atoms with Gasteiger partial charge in [0.25, 0.3) is 5.91 Å². The lowest BCUT2D eigenvalue weighted by molar-refractivity contribution is -0.690. The molecule has 1 heterocycles. The van der Waals surface area contributed by atoms with Crippen LogP contribution in [0, 0.1) is 6.92 Å². The monoisotopic (exact) mass is 363 g/mol. The Morgan fingerprint density at radius 1 is 1.00 bits per heavy atom. The van der Waals surface area contributed by atoms with Crippen LogP contribution in [-0.4, -0.2) is 5.91 Å². The molecule has 0 saturated heterocycles. The van der Waals surface area contributed by atoms with Crippen LogP contribution in [0.5, 0.6) is 0 Å². The molecule has 1 amide bonds. The third-order valence-electron chi connectivity index (χ3n) is 4.17. The molecule has 0 unspecified atom stereocenters. The first-order chi connectivity index (χ1) is 12.7. The molecule has 132 valence electrons. The van der Waals surface area contributed by atoms with Crippen LogP contribution >= 0.6 is 11.8 Å². The summed E-state index contributed by atoms with van der Waals surface area (Å²) in [6.07, 6.45) is 3.01. The molecule has 1 aromatic heterocycles. The molecule has 0 bridgehead atoms. The van der Waals surface area contributed by atoms with Crippen LogP contribution in [0.1, 0.15) is 18.2 Å². The van der Waals surface area contributed by atoms with E-state index in [1.54, 1.807) is 11.8 Å². The molecule has 0 saturated carbocycles. The zero-order valence-electron chi connectivity index (χ0n) is 15.1. The lowest BCUT2D eigenvalue weighted by Gasteiger charge is -2.10. The number of para-hydroxylation sites is 1. The zero-order chi connectivity index (χ0) is 18.4. The van der Waals surface area contributed by atoms with Crippen molar-refractivity contribution in [3.05, 3.63) is 84.2 Å². The molecule has 4 heteroatoms. The number of hydrogen-bond donors (Lipinski definition) is 1. The minimum atomic E-state index is -0.0209. The summed E-state index contributed by atoms with van der Waals surface area (Å²) in [5, 5.41) is 3.06. The van der Waals surface area contributed by atoms with E-state index in [1.807, 2.05) is 54.0 Å². The average molecular weight is 364 g/mol. The number of pyridine rings is 1. The molecule has 0 fully saturated rings. The van der Waals surface area contributed by atoms with Gasteiger partial charge in [0.1, 0.15) is 0 Å². The van der Waals surface area contributed by atoms with Crippen LogP contribution in [0.15, 0.2) is 82.7 Å². The highest BCUT2D eigenvalue weighted by atomic mass is 32.2. The molecule has 3 nitrogen and oxygen atoms in total. The Hall–Kier alpha value is -2.59. The van der Waals surface area contributed by atoms with Crippen LogP contribution < -0.4 is 9.88 Å². The van der Waals surface area contributed by atoms with E-state index in [-0.39, 0.29) is 5.91 Å². The number of carbonyl (C=O) groups is 1. The molecule has 2 aromatic carbocycles. The Kier molecular flexibility index (Phi) is 6.08. The topological polar surface area (TPSA) is 33.0 Å². The summed E-state index contributed by atoms with van der Waals surface area (Å²) < 4.78 is 2.00. The quantitative estimate of drug-likeness (QED) is 0.648. The average Bonchev–Trinajstić information content (AvgIpc) is 2.66. The highest BCUT2D eigenvalue weighted by molar-refractivity contribution is 7.99. The van der Waals surface area contributed by atoms with Crippen molar-refractivity contribution in [3.8, 4) is 0 Å². The maximum atomic E-state index is 12.6. The van der Waals surface area contributed by atoms with Gasteiger partial charge in [-0.3, -0.25) is 4.79 Å². The number of anilines is 1. The van der Waals surface area contributed by atoms with Crippen molar-refractivity contribution in [3.63, 3.8) is 0 Å². The van der Waals surface area contributed by atoms with Crippen molar-refractivity contribution in [2.45, 2.75) is 36.6 Å². The smallest absolute Gasteiger partial charge is 0.290 e. The van der Waals surface area contributed by atoms with Gasteiger partial charge in [0.15, 0.2) is 11.9 Å². The van der Waals surface area contributed by atoms with Gasteiger partial charge in [0, 0.05) is 28.3 Å². The molecule has 0 aliphatic rings. The fraction of sp³-hybridized carbons (Fsp3) is 0.182. The summed E-state index contributed by atoms with van der Waals surface area (Å²) >= 11 is 1.65. The van der Waals surface area contributed by atoms with Crippen LogP contribution in [0.2, 0.25) is 0 Å². The fourth-order valence-corrected chi connectivity index (χ4v) is 3.59. The van der Waals surface area contributed by atoms with E-state index in [1.165, 1.54) is 5.56 Å². The van der Waals surface area contributed by atoms with E-state index in [0.717, 1.165) is 27.6 Å². The molecular formula is C22H23N2OS+. The Morgan fingerprint density at radius 3 is 2.50 bits per heavy atom. The van der Waals surface area contributed by atoms with E-state index in [0.29, 0.717) is 6.54 Å². The van der Waals surface area contributed by atoms with E-state index < -0.39 is 0 Å². The van der Waals surface area contributed by atoms with E-state index >= 15 is 0 Å². The van der Waals surface area contributed by atoms with Crippen molar-refractivity contribution >= 4 is 23.4 Å². The van der Waals surface area contributed by atoms with Crippen molar-refractivity contribution in [2.24, 2.45) is 0 Å². The number of nitrogens with zero attached hydrogens (tertiary/aromatic N) is 1. The molecular weight excluding hydrogens is 340 g/mol.